The lowest BCUT2D eigenvalue weighted by Gasteiger charge is -2.41. The number of likely N-dealkylation sites (N-methyl/N-ethyl adjacent to an activating group) is 2. The van der Waals surface area contributed by atoms with Gasteiger partial charge in [-0.3, -0.25) is 0 Å². The van der Waals surface area contributed by atoms with Gasteiger partial charge in [-0.15, -0.1) is 0 Å². The van der Waals surface area contributed by atoms with Crippen molar-refractivity contribution in [2.75, 3.05) is 28.2 Å². The largest absolute Gasteiger partial charge is 0.327 e. The summed E-state index contributed by atoms with van der Waals surface area (Å²) in [5.41, 5.74) is 0. The third kappa shape index (κ3) is 2.20. The summed E-state index contributed by atoms with van der Waals surface area (Å²) >= 11 is 0. The van der Waals surface area contributed by atoms with Crippen molar-refractivity contribution in [1.82, 2.24) is 5.32 Å². The normalized spacial score (nSPS) is 32.0. The topological polar surface area (TPSA) is 12.0 Å². The lowest BCUT2D eigenvalue weighted by Crippen LogP contribution is -2.56. The molecule has 0 aliphatic heterocycles. The van der Waals surface area contributed by atoms with Gasteiger partial charge in [0.25, 0.3) is 0 Å². The summed E-state index contributed by atoms with van der Waals surface area (Å²) in [6.45, 7) is 0. The van der Waals surface area contributed by atoms with Crippen LogP contribution in [0.4, 0.5) is 0 Å². The summed E-state index contributed by atoms with van der Waals surface area (Å²) in [6.07, 6.45) is 5.56. The first-order chi connectivity index (χ1) is 5.55. The van der Waals surface area contributed by atoms with Crippen LogP contribution in [0.2, 0.25) is 0 Å². The lowest BCUT2D eigenvalue weighted by molar-refractivity contribution is -0.898. The minimum absolute atomic E-state index is 0.735. The smallest absolute Gasteiger partial charge is 0.104 e. The van der Waals surface area contributed by atoms with E-state index in [0.29, 0.717) is 0 Å². The standard InChI is InChI=1S/C10H23N2/c1-11-9-7-5-6-8-10(9)12(2,3)4/h9-11H,5-8H2,1-4H3/q+1/t9-,10+/m0/s1. The zero-order valence-electron chi connectivity index (χ0n) is 8.93. The summed E-state index contributed by atoms with van der Waals surface area (Å²) in [5.74, 6) is 0. The molecule has 0 heterocycles. The maximum Gasteiger partial charge on any atom is 0.104 e. The van der Waals surface area contributed by atoms with E-state index in [1.165, 1.54) is 25.7 Å². The maximum absolute atomic E-state index is 3.44. The summed E-state index contributed by atoms with van der Waals surface area (Å²) in [6, 6.07) is 1.54. The summed E-state index contributed by atoms with van der Waals surface area (Å²) in [5, 5.41) is 3.44. The number of hydrogen-bond acceptors (Lipinski definition) is 1. The fourth-order valence-electron chi connectivity index (χ4n) is 2.38. The Bertz CT molecular complexity index is 137. The van der Waals surface area contributed by atoms with Crippen LogP contribution in [0.1, 0.15) is 25.7 Å². The molecule has 0 radical (unpaired) electrons. The van der Waals surface area contributed by atoms with Crippen LogP contribution in [0.15, 0.2) is 0 Å². The van der Waals surface area contributed by atoms with E-state index >= 15 is 0 Å². The minimum Gasteiger partial charge on any atom is -0.327 e. The van der Waals surface area contributed by atoms with Crippen molar-refractivity contribution in [2.45, 2.75) is 37.8 Å². The van der Waals surface area contributed by atoms with Crippen molar-refractivity contribution in [3.05, 3.63) is 0 Å². The van der Waals surface area contributed by atoms with Gasteiger partial charge in [-0.2, -0.15) is 0 Å². The van der Waals surface area contributed by atoms with Crippen molar-refractivity contribution < 1.29 is 4.48 Å². The predicted octanol–water partition coefficient (Wildman–Crippen LogP) is 1.22. The van der Waals surface area contributed by atoms with Crippen LogP contribution >= 0.6 is 0 Å². The molecular weight excluding hydrogens is 148 g/mol. The molecule has 0 spiro atoms. The molecule has 1 N–H and O–H groups in total. The lowest BCUT2D eigenvalue weighted by atomic mass is 9.88. The van der Waals surface area contributed by atoms with E-state index in [1.54, 1.807) is 0 Å². The Labute approximate surface area is 76.5 Å². The highest BCUT2D eigenvalue weighted by atomic mass is 15.3. The molecule has 2 atom stereocenters. The molecule has 0 unspecified atom stereocenters. The molecule has 1 rings (SSSR count). The quantitative estimate of drug-likeness (QED) is 0.616. The molecule has 0 amide bonds. The first kappa shape index (κ1) is 10.0. The molecule has 2 heteroatoms. The van der Waals surface area contributed by atoms with Gasteiger partial charge in [0.2, 0.25) is 0 Å². The fraction of sp³-hybridized carbons (Fsp3) is 1.00. The Morgan fingerprint density at radius 3 is 2.08 bits per heavy atom. The minimum atomic E-state index is 0.735. The van der Waals surface area contributed by atoms with Gasteiger partial charge in [0.15, 0.2) is 0 Å². The molecule has 1 fully saturated rings. The summed E-state index contributed by atoms with van der Waals surface area (Å²) in [7, 11) is 9.01. The number of rotatable bonds is 2. The van der Waals surface area contributed by atoms with E-state index in [4.69, 9.17) is 0 Å². The van der Waals surface area contributed by atoms with E-state index in [1.807, 2.05) is 0 Å². The van der Waals surface area contributed by atoms with Gasteiger partial charge in [-0.25, -0.2) is 0 Å². The van der Waals surface area contributed by atoms with E-state index in [9.17, 15) is 0 Å². The average molecular weight is 171 g/mol. The van der Waals surface area contributed by atoms with Gasteiger partial charge < -0.3 is 9.80 Å². The average Bonchev–Trinajstić information content (AvgIpc) is 2.03. The number of quaternary nitrogens is 1. The third-order valence-electron chi connectivity index (χ3n) is 3.10. The van der Waals surface area contributed by atoms with Crippen LogP contribution in [0, 0.1) is 0 Å². The molecule has 1 saturated carbocycles. The van der Waals surface area contributed by atoms with Crippen molar-refractivity contribution in [1.29, 1.82) is 0 Å². The van der Waals surface area contributed by atoms with Gasteiger partial charge in [0.05, 0.1) is 27.2 Å². The monoisotopic (exact) mass is 171 g/mol. The second-order valence-corrected chi connectivity index (χ2v) is 4.86. The SMILES string of the molecule is CN[C@H]1CCCC[C@H]1[N+](C)(C)C. The number of nitrogens with zero attached hydrogens (tertiary/aromatic N) is 1. The molecule has 12 heavy (non-hydrogen) atoms. The van der Waals surface area contributed by atoms with E-state index in [0.717, 1.165) is 16.6 Å². The van der Waals surface area contributed by atoms with Gasteiger partial charge >= 0.3 is 0 Å². The zero-order chi connectivity index (χ0) is 9.19. The third-order valence-corrected chi connectivity index (χ3v) is 3.10. The van der Waals surface area contributed by atoms with Gasteiger partial charge in [0.1, 0.15) is 6.04 Å². The summed E-state index contributed by atoms with van der Waals surface area (Å²) < 4.78 is 1.10. The molecule has 0 aromatic rings. The molecule has 0 bridgehead atoms. The molecular formula is C10H23N2+. The van der Waals surface area contributed by atoms with Crippen molar-refractivity contribution in [3.8, 4) is 0 Å². The molecule has 0 saturated heterocycles. The van der Waals surface area contributed by atoms with E-state index in [-0.39, 0.29) is 0 Å². The van der Waals surface area contributed by atoms with Crippen molar-refractivity contribution in [3.63, 3.8) is 0 Å². The van der Waals surface area contributed by atoms with Crippen LogP contribution in [0.3, 0.4) is 0 Å². The van der Waals surface area contributed by atoms with Crippen LogP contribution in [0.25, 0.3) is 0 Å². The van der Waals surface area contributed by atoms with Gasteiger partial charge in [-0.1, -0.05) is 6.42 Å². The zero-order valence-corrected chi connectivity index (χ0v) is 8.93. The Kier molecular flexibility index (Phi) is 3.13. The molecule has 1 aliphatic rings. The van der Waals surface area contributed by atoms with Crippen molar-refractivity contribution in [2.24, 2.45) is 0 Å². The second kappa shape index (κ2) is 3.75. The van der Waals surface area contributed by atoms with E-state index < -0.39 is 0 Å². The van der Waals surface area contributed by atoms with E-state index in [2.05, 4.69) is 33.5 Å². The Balaban J connectivity index is 2.59. The Hall–Kier alpha value is -0.0800. The fourth-order valence-corrected chi connectivity index (χ4v) is 2.38. The highest BCUT2D eigenvalue weighted by Crippen LogP contribution is 2.24. The second-order valence-electron chi connectivity index (χ2n) is 4.86. The summed E-state index contributed by atoms with van der Waals surface area (Å²) in [4.78, 5) is 0. The molecule has 0 aromatic heterocycles. The number of hydrogen-bond donors (Lipinski definition) is 1. The number of nitrogens with one attached hydrogen (secondary N) is 1. The predicted molar refractivity (Wildman–Crippen MR) is 53.1 cm³/mol. The highest BCUT2D eigenvalue weighted by Gasteiger charge is 2.33. The first-order valence-corrected chi connectivity index (χ1v) is 5.04. The van der Waals surface area contributed by atoms with Crippen LogP contribution in [-0.4, -0.2) is 44.8 Å². The van der Waals surface area contributed by atoms with Crippen LogP contribution < -0.4 is 5.32 Å². The van der Waals surface area contributed by atoms with Crippen LogP contribution in [0.5, 0.6) is 0 Å². The Morgan fingerprint density at radius 2 is 1.67 bits per heavy atom. The van der Waals surface area contributed by atoms with Gasteiger partial charge in [0, 0.05) is 6.42 Å². The molecule has 1 aliphatic carbocycles. The molecule has 2 nitrogen and oxygen atoms in total. The molecule has 0 aromatic carbocycles. The maximum atomic E-state index is 3.44. The van der Waals surface area contributed by atoms with Gasteiger partial charge in [-0.05, 0) is 19.9 Å². The highest BCUT2D eigenvalue weighted by molar-refractivity contribution is 4.80. The van der Waals surface area contributed by atoms with Crippen LogP contribution in [-0.2, 0) is 0 Å². The first-order valence-electron chi connectivity index (χ1n) is 5.04. The van der Waals surface area contributed by atoms with Crippen molar-refractivity contribution >= 4 is 0 Å². The Morgan fingerprint density at radius 1 is 1.08 bits per heavy atom. The molecule has 72 valence electrons.